The van der Waals surface area contributed by atoms with Gasteiger partial charge in [0.05, 0.1) is 33.5 Å². The standard InChI is InChI=1S/C32H16N4O/c1-2-7-22-20(5-1)24-9-4-10-25-35(24)32(22)23-8-3-6-18-19-12-11-17-15-16-33-28-21-13-14-26(37-25)36(32)31(21)34(29(18)23)30(19)27(17)28/h1-16H/q+2. The Morgan fingerprint density at radius 1 is 0.676 bits per heavy atom. The molecule has 3 aliphatic heterocycles. The number of hydrogen-bond acceptors (Lipinski definition) is 2. The van der Waals surface area contributed by atoms with Crippen LogP contribution in [0.4, 0.5) is 0 Å². The van der Waals surface area contributed by atoms with Crippen molar-refractivity contribution < 1.29 is 13.9 Å². The fourth-order valence-corrected chi connectivity index (χ4v) is 7.80. The third kappa shape index (κ3) is 1.54. The fourth-order valence-electron chi connectivity index (χ4n) is 7.80. The average molecular weight is 473 g/mol. The lowest BCUT2D eigenvalue weighted by Gasteiger charge is -2.32. The minimum absolute atomic E-state index is 0.600. The molecule has 0 radical (unpaired) electrons. The number of para-hydroxylation sites is 1. The van der Waals surface area contributed by atoms with E-state index < -0.39 is 5.66 Å². The van der Waals surface area contributed by atoms with Crippen LogP contribution in [0.25, 0.3) is 60.4 Å². The molecule has 0 saturated carbocycles. The van der Waals surface area contributed by atoms with Crippen LogP contribution in [0.1, 0.15) is 11.1 Å². The van der Waals surface area contributed by atoms with Crippen LogP contribution in [-0.2, 0) is 5.66 Å². The summed E-state index contributed by atoms with van der Waals surface area (Å²) in [4.78, 5) is 4.97. The van der Waals surface area contributed by atoms with Crippen LogP contribution in [-0.4, -0.2) is 9.38 Å². The molecule has 5 aromatic heterocycles. The Kier molecular flexibility index (Phi) is 2.46. The van der Waals surface area contributed by atoms with E-state index in [4.69, 9.17) is 9.72 Å². The Morgan fingerprint density at radius 3 is 2.51 bits per heavy atom. The molecule has 0 fully saturated rings. The summed E-state index contributed by atoms with van der Waals surface area (Å²) in [6.45, 7) is 0. The van der Waals surface area contributed by atoms with Gasteiger partial charge in [-0.1, -0.05) is 24.3 Å². The molecule has 37 heavy (non-hydrogen) atoms. The lowest BCUT2D eigenvalue weighted by molar-refractivity contribution is -0.968. The van der Waals surface area contributed by atoms with Crippen molar-refractivity contribution in [1.29, 1.82) is 0 Å². The van der Waals surface area contributed by atoms with E-state index in [1.54, 1.807) is 0 Å². The van der Waals surface area contributed by atoms with Crippen LogP contribution >= 0.6 is 0 Å². The summed E-state index contributed by atoms with van der Waals surface area (Å²) in [5.74, 6) is 1.69. The number of fused-ring (bicyclic) bond motifs is 4. The minimum Gasteiger partial charge on any atom is -0.367 e. The second kappa shape index (κ2) is 5.22. The highest BCUT2D eigenvalue weighted by molar-refractivity contribution is 6.27. The van der Waals surface area contributed by atoms with Crippen molar-refractivity contribution in [3.05, 3.63) is 108 Å². The quantitative estimate of drug-likeness (QED) is 0.162. The number of ether oxygens (including phenoxy) is 1. The van der Waals surface area contributed by atoms with Gasteiger partial charge in [0.2, 0.25) is 5.69 Å². The van der Waals surface area contributed by atoms with Crippen LogP contribution in [0.15, 0.2) is 97.2 Å². The van der Waals surface area contributed by atoms with Crippen LogP contribution in [0, 0.1) is 0 Å². The maximum Gasteiger partial charge on any atom is 0.381 e. The third-order valence-electron chi connectivity index (χ3n) is 8.98. The van der Waals surface area contributed by atoms with E-state index in [1.165, 1.54) is 55.0 Å². The molecule has 0 N–H and O–H groups in total. The Bertz CT molecular complexity index is 2400. The fraction of sp³-hybridized carbons (Fsp3) is 0.0312. The lowest BCUT2D eigenvalue weighted by atomic mass is 9.87. The summed E-state index contributed by atoms with van der Waals surface area (Å²) in [6.07, 6.45) is 1.94. The SMILES string of the molecule is c1ccc2c(c1)-c1cccc3[n+]1C21c2cccc4c5ccc6ccnc7c8ccc([n+]1c8n(c24)c5c67)O3. The van der Waals surface area contributed by atoms with Crippen molar-refractivity contribution in [2.24, 2.45) is 0 Å². The zero-order chi connectivity index (χ0) is 23.6. The highest BCUT2D eigenvalue weighted by Crippen LogP contribution is 2.51. The molecule has 0 amide bonds. The summed E-state index contributed by atoms with van der Waals surface area (Å²) in [7, 11) is 0. The van der Waals surface area contributed by atoms with Gasteiger partial charge in [0.25, 0.3) is 0 Å². The first-order valence-electron chi connectivity index (χ1n) is 12.7. The van der Waals surface area contributed by atoms with Crippen molar-refractivity contribution >= 4 is 49.1 Å². The number of rotatable bonds is 0. The van der Waals surface area contributed by atoms with E-state index in [2.05, 4.69) is 105 Å². The zero-order valence-corrected chi connectivity index (χ0v) is 19.4. The Balaban J connectivity index is 1.57. The number of benzene rings is 3. The van der Waals surface area contributed by atoms with Crippen molar-refractivity contribution in [1.82, 2.24) is 9.38 Å². The zero-order valence-electron chi connectivity index (χ0n) is 19.4. The Hall–Kier alpha value is -5.03. The molecule has 8 aromatic rings. The Morgan fingerprint density at radius 2 is 1.51 bits per heavy atom. The first-order chi connectivity index (χ1) is 18.4. The van der Waals surface area contributed by atoms with E-state index in [-0.39, 0.29) is 0 Å². The van der Waals surface area contributed by atoms with Gasteiger partial charge in [-0.25, -0.2) is 0 Å². The Labute approximate surface area is 209 Å². The molecule has 0 saturated heterocycles. The lowest BCUT2D eigenvalue weighted by Crippen LogP contribution is -2.76. The van der Waals surface area contributed by atoms with E-state index in [0.717, 1.165) is 28.3 Å². The molecule has 5 heteroatoms. The molecule has 1 unspecified atom stereocenters. The average Bonchev–Trinajstić information content (AvgIpc) is 3.45. The first-order valence-corrected chi connectivity index (χ1v) is 12.7. The molecular formula is C32H16N4O+2. The molecule has 1 spiro atoms. The van der Waals surface area contributed by atoms with E-state index in [9.17, 15) is 0 Å². The molecule has 1 atom stereocenters. The number of aromatic nitrogens is 4. The molecule has 11 rings (SSSR count). The predicted molar refractivity (Wildman–Crippen MR) is 140 cm³/mol. The normalized spacial score (nSPS) is 18.1. The first kappa shape index (κ1) is 17.4. The van der Waals surface area contributed by atoms with Crippen molar-refractivity contribution in [2.45, 2.75) is 5.66 Å². The van der Waals surface area contributed by atoms with Crippen LogP contribution in [0.5, 0.6) is 11.8 Å². The van der Waals surface area contributed by atoms with Gasteiger partial charge in [-0.3, -0.25) is 4.98 Å². The smallest absolute Gasteiger partial charge is 0.367 e. The van der Waals surface area contributed by atoms with E-state index >= 15 is 0 Å². The summed E-state index contributed by atoms with van der Waals surface area (Å²) in [6, 6.07) is 33.0. The summed E-state index contributed by atoms with van der Waals surface area (Å²) >= 11 is 0. The summed E-state index contributed by atoms with van der Waals surface area (Å²) in [5.41, 5.74) is 9.02. The predicted octanol–water partition coefficient (Wildman–Crippen LogP) is 5.66. The van der Waals surface area contributed by atoms with E-state index in [0.29, 0.717) is 0 Å². The van der Waals surface area contributed by atoms with E-state index in [1.807, 2.05) is 6.20 Å². The van der Waals surface area contributed by atoms with Gasteiger partial charge >= 0.3 is 23.1 Å². The topological polar surface area (TPSA) is 34.3 Å². The van der Waals surface area contributed by atoms with Crippen molar-refractivity contribution in [3.63, 3.8) is 0 Å². The maximum atomic E-state index is 6.68. The molecule has 0 bridgehead atoms. The highest BCUT2D eigenvalue weighted by Gasteiger charge is 2.67. The largest absolute Gasteiger partial charge is 0.381 e. The van der Waals surface area contributed by atoms with Crippen LogP contribution < -0.4 is 13.9 Å². The molecule has 5 nitrogen and oxygen atoms in total. The van der Waals surface area contributed by atoms with Crippen molar-refractivity contribution in [3.8, 4) is 23.0 Å². The number of pyridine rings is 4. The summed E-state index contributed by atoms with van der Waals surface area (Å²) < 4.78 is 14.0. The molecule has 0 aliphatic carbocycles. The molecule has 8 heterocycles. The molecule has 3 aromatic carbocycles. The second-order valence-electron chi connectivity index (χ2n) is 10.4. The maximum absolute atomic E-state index is 6.68. The van der Waals surface area contributed by atoms with Crippen molar-refractivity contribution in [2.75, 3.05) is 0 Å². The molecular weight excluding hydrogens is 456 g/mol. The molecule has 3 aliphatic rings. The number of hydrogen-bond donors (Lipinski definition) is 0. The van der Waals surface area contributed by atoms with Crippen LogP contribution in [0.3, 0.4) is 0 Å². The molecule has 168 valence electrons. The van der Waals surface area contributed by atoms with Gasteiger partial charge in [-0.15, -0.1) is 9.13 Å². The monoisotopic (exact) mass is 472 g/mol. The van der Waals surface area contributed by atoms with Gasteiger partial charge < -0.3 is 4.74 Å². The summed E-state index contributed by atoms with van der Waals surface area (Å²) in [5, 5.41) is 6.12. The van der Waals surface area contributed by atoms with Gasteiger partial charge in [0, 0.05) is 29.1 Å². The van der Waals surface area contributed by atoms with Gasteiger partial charge in [0.1, 0.15) is 5.56 Å². The van der Waals surface area contributed by atoms with Gasteiger partial charge in [-0.2, -0.15) is 4.40 Å². The number of nitrogens with zero attached hydrogens (tertiary/aromatic N) is 4. The third-order valence-corrected chi connectivity index (χ3v) is 8.98. The minimum atomic E-state index is -0.600. The second-order valence-corrected chi connectivity index (χ2v) is 10.4. The van der Waals surface area contributed by atoms with Gasteiger partial charge in [0.15, 0.2) is 11.0 Å². The highest BCUT2D eigenvalue weighted by atomic mass is 16.5. The van der Waals surface area contributed by atoms with Gasteiger partial charge in [-0.05, 0) is 53.9 Å². The van der Waals surface area contributed by atoms with Crippen LogP contribution in [0.2, 0.25) is 0 Å².